The van der Waals surface area contributed by atoms with E-state index in [2.05, 4.69) is 0 Å². The summed E-state index contributed by atoms with van der Waals surface area (Å²) in [5.41, 5.74) is -1.67. The van der Waals surface area contributed by atoms with Crippen molar-refractivity contribution in [3.63, 3.8) is 0 Å². The van der Waals surface area contributed by atoms with E-state index in [1.165, 1.54) is 8.61 Å². The second-order valence-electron chi connectivity index (χ2n) is 9.81. The molecule has 0 aromatic rings. The summed E-state index contributed by atoms with van der Waals surface area (Å²) in [6, 6.07) is -0.873. The fraction of sp³-hybridized carbons (Fsp3) is 1.00. The lowest BCUT2D eigenvalue weighted by Crippen LogP contribution is -2.62. The first-order chi connectivity index (χ1) is 12.3. The molecule has 2 atom stereocenters. The van der Waals surface area contributed by atoms with Gasteiger partial charge >= 0.3 is 18.1 Å². The van der Waals surface area contributed by atoms with Crippen LogP contribution in [0.4, 0.5) is 0 Å². The van der Waals surface area contributed by atoms with Crippen LogP contribution in [0.15, 0.2) is 0 Å². The van der Waals surface area contributed by atoms with Crippen molar-refractivity contribution >= 4 is 18.1 Å². The molecule has 0 rings (SSSR count). The molecule has 0 fully saturated rings. The van der Waals surface area contributed by atoms with Crippen LogP contribution in [-0.4, -0.2) is 48.6 Å². The molecule has 0 aliphatic heterocycles. The quantitative estimate of drug-likeness (QED) is 0.439. The van der Waals surface area contributed by atoms with E-state index in [9.17, 15) is 16.8 Å². The Morgan fingerprint density at radius 2 is 0.929 bits per heavy atom. The van der Waals surface area contributed by atoms with Crippen LogP contribution in [0.3, 0.4) is 0 Å². The Kier molecular flexibility index (Phi) is 9.25. The normalized spacial score (nSPS) is 17.0. The largest absolute Gasteiger partial charge is 0.334 e. The molecule has 0 radical (unpaired) electrons. The highest BCUT2D eigenvalue weighted by Gasteiger charge is 2.53. The first-order valence-electron chi connectivity index (χ1n) is 10.4. The Hall–Kier alpha value is -0.180. The van der Waals surface area contributed by atoms with Crippen LogP contribution < -0.4 is 0 Å². The first-order valence-corrected chi connectivity index (χ1v) is 13.8. The van der Waals surface area contributed by atoms with Gasteiger partial charge in [0.2, 0.25) is 0 Å². The summed E-state index contributed by atoms with van der Waals surface area (Å²) in [4.78, 5) is 0. The summed E-state index contributed by atoms with van der Waals surface area (Å²) in [7, 11) is -9.31. The highest BCUT2D eigenvalue weighted by molar-refractivity contribution is 8.65. The van der Waals surface area contributed by atoms with Crippen molar-refractivity contribution in [2.45, 2.75) is 119 Å². The van der Waals surface area contributed by atoms with E-state index in [4.69, 9.17) is 0 Å². The molecule has 0 aromatic heterocycles. The lowest BCUT2D eigenvalue weighted by atomic mass is 9.93. The topological polar surface area (TPSA) is 74.8 Å². The van der Waals surface area contributed by atoms with Crippen LogP contribution in [0.5, 0.6) is 0 Å². The second-order valence-corrected chi connectivity index (χ2v) is 14.8. The monoisotopic (exact) mass is 440 g/mol. The van der Waals surface area contributed by atoms with Crippen molar-refractivity contribution in [3.8, 4) is 0 Å². The maximum atomic E-state index is 13.8. The van der Waals surface area contributed by atoms with E-state index < -0.39 is 41.3 Å². The van der Waals surface area contributed by atoms with Gasteiger partial charge in [-0.1, -0.05) is 41.5 Å². The molecule has 0 heterocycles. The standard InChI is InChI=1S/C20H44N2O4S2/c1-13-19(9,10)22(20(11,12)14-2)28(25,26)27(23,24)21(17(7)15(3)4)18(8)16(5)6/h15-18H,13-14H2,1-12H3. The molecule has 0 aromatic carbocycles. The van der Waals surface area contributed by atoms with Crippen LogP contribution in [0, 0.1) is 11.8 Å². The lowest BCUT2D eigenvalue weighted by molar-refractivity contribution is 0.106. The zero-order valence-corrected chi connectivity index (χ0v) is 21.7. The minimum atomic E-state index is -4.66. The molecule has 170 valence electrons. The molecule has 0 amide bonds. The molecule has 0 bridgehead atoms. The SMILES string of the molecule is CCC(C)(C)N(C(C)(C)CC)S(=O)(=O)S(=O)(=O)N(C(C)C(C)C)C(C)C(C)C. The Bertz CT molecular complexity index is 680. The first kappa shape index (κ1) is 27.8. The molecular formula is C20H44N2O4S2. The fourth-order valence-electron chi connectivity index (χ4n) is 3.28. The van der Waals surface area contributed by atoms with Crippen molar-refractivity contribution < 1.29 is 16.8 Å². The van der Waals surface area contributed by atoms with Crippen LogP contribution in [0.25, 0.3) is 0 Å². The van der Waals surface area contributed by atoms with Crippen LogP contribution in [-0.2, 0) is 18.1 Å². The second kappa shape index (κ2) is 9.31. The van der Waals surface area contributed by atoms with Crippen molar-refractivity contribution in [1.29, 1.82) is 0 Å². The van der Waals surface area contributed by atoms with Gasteiger partial charge < -0.3 is 0 Å². The van der Waals surface area contributed by atoms with Crippen molar-refractivity contribution in [1.82, 2.24) is 8.61 Å². The third-order valence-corrected chi connectivity index (χ3v) is 12.0. The number of rotatable bonds is 11. The molecule has 6 nitrogen and oxygen atoms in total. The van der Waals surface area contributed by atoms with Gasteiger partial charge in [0, 0.05) is 23.2 Å². The van der Waals surface area contributed by atoms with E-state index in [-0.39, 0.29) is 11.8 Å². The zero-order chi connectivity index (χ0) is 22.9. The van der Waals surface area contributed by atoms with Gasteiger partial charge in [-0.3, -0.25) is 0 Å². The molecule has 0 aliphatic carbocycles. The summed E-state index contributed by atoms with van der Waals surface area (Å²) in [6.45, 7) is 22.2. The fourth-order valence-corrected chi connectivity index (χ4v) is 9.70. The van der Waals surface area contributed by atoms with Gasteiger partial charge in [-0.2, -0.15) is 25.4 Å². The van der Waals surface area contributed by atoms with E-state index in [0.717, 1.165) is 0 Å². The third kappa shape index (κ3) is 5.29. The molecule has 0 saturated carbocycles. The maximum absolute atomic E-state index is 13.8. The molecule has 8 heteroatoms. The van der Waals surface area contributed by atoms with Gasteiger partial charge in [-0.05, 0) is 66.2 Å². The van der Waals surface area contributed by atoms with E-state index >= 15 is 0 Å². The summed E-state index contributed by atoms with van der Waals surface area (Å²) in [5.74, 6) is -0.0315. The van der Waals surface area contributed by atoms with Gasteiger partial charge in [0.05, 0.1) is 0 Å². The molecule has 0 spiro atoms. The number of nitrogens with zero attached hydrogens (tertiary/aromatic N) is 2. The van der Waals surface area contributed by atoms with Crippen molar-refractivity contribution in [3.05, 3.63) is 0 Å². The van der Waals surface area contributed by atoms with Crippen LogP contribution >= 0.6 is 0 Å². The van der Waals surface area contributed by atoms with Gasteiger partial charge in [-0.15, -0.1) is 0 Å². The molecular weight excluding hydrogens is 396 g/mol. The van der Waals surface area contributed by atoms with E-state index in [1.807, 2.05) is 41.5 Å². The average Bonchev–Trinajstić information content (AvgIpc) is 2.53. The molecule has 0 N–H and O–H groups in total. The van der Waals surface area contributed by atoms with Gasteiger partial charge in [0.1, 0.15) is 0 Å². The summed E-state index contributed by atoms with van der Waals surface area (Å²) in [6.07, 6.45) is 1.01. The highest BCUT2D eigenvalue weighted by Crippen LogP contribution is 2.38. The van der Waals surface area contributed by atoms with E-state index in [1.54, 1.807) is 41.5 Å². The highest BCUT2D eigenvalue weighted by atomic mass is 33.2. The summed E-state index contributed by atoms with van der Waals surface area (Å²) >= 11 is 0. The average molecular weight is 441 g/mol. The van der Waals surface area contributed by atoms with Gasteiger partial charge in [0.25, 0.3) is 0 Å². The zero-order valence-electron chi connectivity index (χ0n) is 20.1. The molecule has 0 aliphatic rings. The third-order valence-electron chi connectivity index (χ3n) is 6.31. The molecule has 2 unspecified atom stereocenters. The number of hydrogen-bond donors (Lipinski definition) is 0. The summed E-state index contributed by atoms with van der Waals surface area (Å²) in [5, 5.41) is 0. The Morgan fingerprint density at radius 1 is 0.643 bits per heavy atom. The smallest absolute Gasteiger partial charge is 0.194 e. The van der Waals surface area contributed by atoms with E-state index in [0.29, 0.717) is 12.8 Å². The maximum Gasteiger partial charge on any atom is 0.334 e. The molecule has 28 heavy (non-hydrogen) atoms. The lowest BCUT2D eigenvalue weighted by Gasteiger charge is -2.48. The Balaban J connectivity index is 6.88. The predicted octanol–water partition coefficient (Wildman–Crippen LogP) is 4.63. The molecule has 0 saturated heterocycles. The van der Waals surface area contributed by atoms with Gasteiger partial charge in [-0.25, -0.2) is 0 Å². The summed E-state index contributed by atoms with van der Waals surface area (Å²) < 4.78 is 57.4. The van der Waals surface area contributed by atoms with Gasteiger partial charge in [0.15, 0.2) is 0 Å². The van der Waals surface area contributed by atoms with Crippen molar-refractivity contribution in [2.75, 3.05) is 0 Å². The Labute approximate surface area is 174 Å². The van der Waals surface area contributed by atoms with Crippen LogP contribution in [0.1, 0.15) is 95.9 Å². The number of hydrogen-bond acceptors (Lipinski definition) is 4. The minimum Gasteiger partial charge on any atom is -0.194 e. The van der Waals surface area contributed by atoms with Crippen molar-refractivity contribution in [2.24, 2.45) is 11.8 Å². The minimum absolute atomic E-state index is 0.0157. The van der Waals surface area contributed by atoms with Crippen LogP contribution in [0.2, 0.25) is 0 Å². The Morgan fingerprint density at radius 3 is 1.14 bits per heavy atom. The predicted molar refractivity (Wildman–Crippen MR) is 119 cm³/mol.